The minimum Gasteiger partial charge on any atom is -0.355 e. The van der Waals surface area contributed by atoms with Crippen molar-refractivity contribution in [2.75, 3.05) is 13.1 Å². The van der Waals surface area contributed by atoms with Gasteiger partial charge in [0, 0.05) is 36.8 Å². The van der Waals surface area contributed by atoms with Gasteiger partial charge in [-0.1, -0.05) is 26.0 Å². The molecule has 2 amide bonds. The smallest absolute Gasteiger partial charge is 0.225 e. The molecule has 1 aliphatic heterocycles. The van der Waals surface area contributed by atoms with Crippen molar-refractivity contribution in [1.29, 1.82) is 0 Å². The van der Waals surface area contributed by atoms with Gasteiger partial charge in [0.25, 0.3) is 0 Å². The number of aromatic nitrogens is 1. The fourth-order valence-corrected chi connectivity index (χ4v) is 4.40. The number of piperidine rings is 1. The minimum atomic E-state index is -0.246. The monoisotopic (exact) mass is 385 g/mol. The molecule has 2 aromatic rings. The minimum absolute atomic E-state index is 0.0293. The van der Waals surface area contributed by atoms with E-state index in [-0.39, 0.29) is 23.8 Å². The molecule has 0 bridgehead atoms. The molecule has 0 radical (unpaired) electrons. The molecule has 0 saturated carbocycles. The lowest BCUT2D eigenvalue weighted by Gasteiger charge is -2.41. The van der Waals surface area contributed by atoms with Gasteiger partial charge in [0.15, 0.2) is 0 Å². The first-order valence-corrected chi connectivity index (χ1v) is 10.4. The average Bonchev–Trinajstić information content (AvgIpc) is 3.17. The molecule has 3 rings (SSSR count). The number of pyridine rings is 1. The maximum absolute atomic E-state index is 13.0. The van der Waals surface area contributed by atoms with Gasteiger partial charge in [0.05, 0.1) is 12.0 Å². The lowest BCUT2D eigenvalue weighted by Crippen LogP contribution is -2.49. The number of hydrogen-bond donors (Lipinski definition) is 1. The summed E-state index contributed by atoms with van der Waals surface area (Å²) in [6.07, 6.45) is 5.34. The molecule has 1 N–H and O–H groups in total. The third-order valence-corrected chi connectivity index (χ3v) is 5.82. The Morgan fingerprint density at radius 3 is 2.89 bits per heavy atom. The molecule has 0 aromatic carbocycles. The lowest BCUT2D eigenvalue weighted by atomic mass is 9.83. The highest BCUT2D eigenvalue weighted by atomic mass is 32.1. The number of likely N-dealkylation sites (tertiary alicyclic amines) is 1. The van der Waals surface area contributed by atoms with Crippen molar-refractivity contribution >= 4 is 23.2 Å². The molecule has 2 atom stereocenters. The van der Waals surface area contributed by atoms with Crippen LogP contribution in [0.1, 0.15) is 43.2 Å². The summed E-state index contributed by atoms with van der Waals surface area (Å²) in [6, 6.07) is 7.70. The summed E-state index contributed by atoms with van der Waals surface area (Å²) in [5, 5.41) is 5.14. The Bertz CT molecular complexity index is 746. The molecule has 144 valence electrons. The summed E-state index contributed by atoms with van der Waals surface area (Å²) in [5.74, 6) is 0.254. The van der Waals surface area contributed by atoms with Gasteiger partial charge in [-0.15, -0.1) is 11.3 Å². The van der Waals surface area contributed by atoms with Crippen molar-refractivity contribution in [2.24, 2.45) is 11.8 Å². The van der Waals surface area contributed by atoms with Gasteiger partial charge in [-0.25, -0.2) is 0 Å². The highest BCUT2D eigenvalue weighted by molar-refractivity contribution is 7.09. The Morgan fingerprint density at radius 1 is 1.37 bits per heavy atom. The van der Waals surface area contributed by atoms with Crippen molar-refractivity contribution in [1.82, 2.24) is 15.2 Å². The second-order valence-corrected chi connectivity index (χ2v) is 8.47. The zero-order chi connectivity index (χ0) is 19.2. The van der Waals surface area contributed by atoms with E-state index in [1.165, 1.54) is 4.88 Å². The second-order valence-electron chi connectivity index (χ2n) is 7.44. The zero-order valence-corrected chi connectivity index (χ0v) is 16.7. The molecule has 6 heteroatoms. The van der Waals surface area contributed by atoms with E-state index in [1.807, 2.05) is 28.5 Å². The van der Waals surface area contributed by atoms with Crippen LogP contribution in [-0.2, 0) is 16.0 Å². The number of nitrogens with zero attached hydrogens (tertiary/aromatic N) is 2. The maximum atomic E-state index is 13.0. The molecule has 27 heavy (non-hydrogen) atoms. The van der Waals surface area contributed by atoms with Crippen LogP contribution in [0.2, 0.25) is 0 Å². The van der Waals surface area contributed by atoms with Gasteiger partial charge in [-0.2, -0.15) is 0 Å². The van der Waals surface area contributed by atoms with Crippen molar-refractivity contribution in [2.45, 2.75) is 39.2 Å². The number of carbonyl (C=O) groups is 2. The number of amides is 2. The van der Waals surface area contributed by atoms with E-state index in [4.69, 9.17) is 0 Å². The van der Waals surface area contributed by atoms with Gasteiger partial charge in [-0.05, 0) is 41.8 Å². The number of carbonyl (C=O) groups excluding carboxylic acids is 2. The molecule has 1 saturated heterocycles. The first-order chi connectivity index (χ1) is 13.1. The summed E-state index contributed by atoms with van der Waals surface area (Å²) in [6.45, 7) is 5.46. The maximum Gasteiger partial charge on any atom is 0.225 e. The van der Waals surface area contributed by atoms with E-state index in [1.54, 1.807) is 23.7 Å². The summed E-state index contributed by atoms with van der Waals surface area (Å²) in [4.78, 5) is 33.0. The van der Waals surface area contributed by atoms with Crippen LogP contribution in [0.3, 0.4) is 0 Å². The van der Waals surface area contributed by atoms with Crippen molar-refractivity contribution in [3.63, 3.8) is 0 Å². The Labute approximate surface area is 164 Å². The summed E-state index contributed by atoms with van der Waals surface area (Å²) in [7, 11) is 0. The molecule has 1 aliphatic rings. The van der Waals surface area contributed by atoms with Gasteiger partial charge in [0.1, 0.15) is 0 Å². The van der Waals surface area contributed by atoms with Crippen LogP contribution >= 0.6 is 11.3 Å². The van der Waals surface area contributed by atoms with E-state index in [9.17, 15) is 9.59 Å². The standard InChI is InChI=1S/C21H27N3O2S/c1-15(2)14-24-19(25)8-7-18(20(24)16-5-3-10-22-13-16)21(26)23-11-9-17-6-4-12-27-17/h3-6,10,12-13,15,18,20H,7-9,11,14H2,1-2H3,(H,23,26)/t18-,20+/m1/s1. The third kappa shape index (κ3) is 4.95. The van der Waals surface area contributed by atoms with Crippen molar-refractivity contribution < 1.29 is 9.59 Å². The summed E-state index contributed by atoms with van der Waals surface area (Å²) >= 11 is 1.70. The Balaban J connectivity index is 1.76. The fourth-order valence-electron chi connectivity index (χ4n) is 3.69. The van der Waals surface area contributed by atoms with Crippen LogP contribution in [0.15, 0.2) is 42.0 Å². The number of hydrogen-bond acceptors (Lipinski definition) is 4. The predicted molar refractivity (Wildman–Crippen MR) is 107 cm³/mol. The Hall–Kier alpha value is -2.21. The summed E-state index contributed by atoms with van der Waals surface area (Å²) in [5.41, 5.74) is 0.935. The number of thiophene rings is 1. The highest BCUT2D eigenvalue weighted by Gasteiger charge is 2.40. The Kier molecular flexibility index (Phi) is 6.61. The van der Waals surface area contributed by atoms with Gasteiger partial charge in [-0.3, -0.25) is 14.6 Å². The van der Waals surface area contributed by atoms with E-state index in [2.05, 4.69) is 30.2 Å². The number of nitrogens with one attached hydrogen (secondary N) is 1. The van der Waals surface area contributed by atoms with Gasteiger partial charge >= 0.3 is 0 Å². The molecular weight excluding hydrogens is 358 g/mol. The Morgan fingerprint density at radius 2 is 2.22 bits per heavy atom. The molecule has 5 nitrogen and oxygen atoms in total. The molecule has 0 spiro atoms. The van der Waals surface area contributed by atoms with Crippen LogP contribution < -0.4 is 5.32 Å². The molecular formula is C21H27N3O2S. The van der Waals surface area contributed by atoms with E-state index in [0.29, 0.717) is 31.8 Å². The van der Waals surface area contributed by atoms with Crippen molar-refractivity contribution in [3.05, 3.63) is 52.5 Å². The van der Waals surface area contributed by atoms with Crippen LogP contribution in [0, 0.1) is 11.8 Å². The zero-order valence-electron chi connectivity index (χ0n) is 15.9. The second kappa shape index (κ2) is 9.13. The first kappa shape index (κ1) is 19.5. The predicted octanol–water partition coefficient (Wildman–Crippen LogP) is 3.44. The normalized spacial score (nSPS) is 20.1. The topological polar surface area (TPSA) is 62.3 Å². The molecule has 2 aromatic heterocycles. The molecule has 0 unspecified atom stereocenters. The SMILES string of the molecule is CC(C)CN1C(=O)CC[C@@H](C(=O)NCCc2cccs2)[C@@H]1c1cccnc1. The number of rotatable bonds is 7. The van der Waals surface area contributed by atoms with E-state index in [0.717, 1.165) is 12.0 Å². The van der Waals surface area contributed by atoms with E-state index < -0.39 is 0 Å². The molecule has 1 fully saturated rings. The van der Waals surface area contributed by atoms with Gasteiger partial charge in [0.2, 0.25) is 11.8 Å². The third-order valence-electron chi connectivity index (χ3n) is 4.88. The van der Waals surface area contributed by atoms with Crippen LogP contribution in [0.25, 0.3) is 0 Å². The lowest BCUT2D eigenvalue weighted by molar-refractivity contribution is -0.144. The quantitative estimate of drug-likeness (QED) is 0.794. The fraction of sp³-hybridized carbons (Fsp3) is 0.476. The highest BCUT2D eigenvalue weighted by Crippen LogP contribution is 2.37. The molecule has 0 aliphatic carbocycles. The average molecular weight is 386 g/mol. The van der Waals surface area contributed by atoms with Gasteiger partial charge < -0.3 is 10.2 Å². The first-order valence-electron chi connectivity index (χ1n) is 9.55. The van der Waals surface area contributed by atoms with Crippen LogP contribution in [0.5, 0.6) is 0 Å². The van der Waals surface area contributed by atoms with Crippen LogP contribution in [-0.4, -0.2) is 34.8 Å². The van der Waals surface area contributed by atoms with Crippen molar-refractivity contribution in [3.8, 4) is 0 Å². The van der Waals surface area contributed by atoms with E-state index >= 15 is 0 Å². The molecule has 3 heterocycles. The van der Waals surface area contributed by atoms with Crippen LogP contribution in [0.4, 0.5) is 0 Å². The largest absolute Gasteiger partial charge is 0.355 e. The summed E-state index contributed by atoms with van der Waals surface area (Å²) < 4.78 is 0.